The van der Waals surface area contributed by atoms with Crippen LogP contribution in [-0.2, 0) is 6.42 Å². The van der Waals surface area contributed by atoms with Crippen LogP contribution in [-0.4, -0.2) is 20.2 Å². The Hall–Kier alpha value is -1.06. The number of nitrogens with two attached hydrogens (primary N) is 2. The van der Waals surface area contributed by atoms with Gasteiger partial charge >= 0.3 is 0 Å². The highest BCUT2D eigenvalue weighted by molar-refractivity contribution is 5.38. The van der Waals surface area contributed by atoms with Crippen molar-refractivity contribution in [2.45, 2.75) is 26.2 Å². The number of benzene rings is 1. The van der Waals surface area contributed by atoms with Gasteiger partial charge < -0.3 is 16.2 Å². The van der Waals surface area contributed by atoms with Crippen molar-refractivity contribution in [3.8, 4) is 5.75 Å². The monoisotopic (exact) mass is 236 g/mol. The molecule has 0 aliphatic heterocycles. The van der Waals surface area contributed by atoms with E-state index in [-0.39, 0.29) is 0 Å². The number of rotatable bonds is 6. The molecule has 17 heavy (non-hydrogen) atoms. The number of ether oxygens (including phenoxy) is 1. The Morgan fingerprint density at radius 3 is 2.35 bits per heavy atom. The average molecular weight is 236 g/mol. The predicted molar refractivity (Wildman–Crippen MR) is 72.4 cm³/mol. The first-order valence-corrected chi connectivity index (χ1v) is 6.24. The topological polar surface area (TPSA) is 61.3 Å². The van der Waals surface area contributed by atoms with Crippen LogP contribution in [0.1, 0.15) is 30.9 Å². The van der Waals surface area contributed by atoms with E-state index in [0.29, 0.717) is 24.9 Å². The smallest absolute Gasteiger partial charge is 0.119 e. The average Bonchev–Trinajstić information content (AvgIpc) is 2.39. The Morgan fingerprint density at radius 1 is 1.24 bits per heavy atom. The van der Waals surface area contributed by atoms with E-state index in [0.717, 1.165) is 12.2 Å². The summed E-state index contributed by atoms with van der Waals surface area (Å²) in [5.41, 5.74) is 14.2. The molecule has 3 heteroatoms. The van der Waals surface area contributed by atoms with Gasteiger partial charge in [-0.25, -0.2) is 0 Å². The molecule has 4 N–H and O–H groups in total. The van der Waals surface area contributed by atoms with Crippen LogP contribution in [0, 0.1) is 5.92 Å². The summed E-state index contributed by atoms with van der Waals surface area (Å²) in [5.74, 6) is 1.65. The Bertz CT molecular complexity index is 348. The maximum Gasteiger partial charge on any atom is 0.119 e. The highest BCUT2D eigenvalue weighted by Crippen LogP contribution is 2.29. The molecule has 3 nitrogen and oxygen atoms in total. The molecule has 0 amide bonds. The van der Waals surface area contributed by atoms with Gasteiger partial charge in [-0.3, -0.25) is 0 Å². The first kappa shape index (κ1) is 14.0. The van der Waals surface area contributed by atoms with E-state index in [1.165, 1.54) is 11.1 Å². The number of hydrogen-bond acceptors (Lipinski definition) is 3. The second-order valence-electron chi connectivity index (χ2n) is 4.44. The van der Waals surface area contributed by atoms with Crippen molar-refractivity contribution in [2.24, 2.45) is 17.4 Å². The van der Waals surface area contributed by atoms with E-state index in [1.54, 1.807) is 7.11 Å². The summed E-state index contributed by atoms with van der Waals surface area (Å²) in [7, 11) is 1.69. The SMILES string of the molecule is CCc1cc(OC)ccc1C(C)C(CN)CN. The third-order valence-electron chi connectivity index (χ3n) is 3.53. The van der Waals surface area contributed by atoms with Gasteiger partial charge in [-0.15, -0.1) is 0 Å². The quantitative estimate of drug-likeness (QED) is 0.793. The zero-order valence-corrected chi connectivity index (χ0v) is 11.1. The molecule has 1 aromatic carbocycles. The van der Waals surface area contributed by atoms with E-state index < -0.39 is 0 Å². The van der Waals surface area contributed by atoms with Crippen LogP contribution in [0.2, 0.25) is 0 Å². The van der Waals surface area contributed by atoms with Crippen molar-refractivity contribution >= 4 is 0 Å². The van der Waals surface area contributed by atoms with Crippen LogP contribution < -0.4 is 16.2 Å². The van der Waals surface area contributed by atoms with Gasteiger partial charge in [-0.05, 0) is 54.6 Å². The van der Waals surface area contributed by atoms with Gasteiger partial charge in [0.25, 0.3) is 0 Å². The fourth-order valence-electron chi connectivity index (χ4n) is 2.22. The largest absolute Gasteiger partial charge is 0.497 e. The minimum Gasteiger partial charge on any atom is -0.497 e. The van der Waals surface area contributed by atoms with Crippen molar-refractivity contribution in [1.29, 1.82) is 0 Å². The van der Waals surface area contributed by atoms with Gasteiger partial charge in [0.2, 0.25) is 0 Å². The molecular formula is C14H24N2O. The van der Waals surface area contributed by atoms with Crippen molar-refractivity contribution in [1.82, 2.24) is 0 Å². The van der Waals surface area contributed by atoms with Crippen molar-refractivity contribution in [3.05, 3.63) is 29.3 Å². The zero-order chi connectivity index (χ0) is 12.8. The van der Waals surface area contributed by atoms with E-state index in [9.17, 15) is 0 Å². The summed E-state index contributed by atoms with van der Waals surface area (Å²) in [6, 6.07) is 6.26. The number of methoxy groups -OCH3 is 1. The summed E-state index contributed by atoms with van der Waals surface area (Å²) in [6.45, 7) is 5.62. The Morgan fingerprint density at radius 2 is 1.88 bits per heavy atom. The van der Waals surface area contributed by atoms with Gasteiger partial charge in [0.05, 0.1) is 7.11 Å². The summed E-state index contributed by atoms with van der Waals surface area (Å²) in [6.07, 6.45) is 0.999. The molecule has 0 aliphatic carbocycles. The Balaban J connectivity index is 3.03. The standard InChI is InChI=1S/C14H24N2O/c1-4-11-7-13(17-3)5-6-14(11)10(2)12(8-15)9-16/h5-7,10,12H,4,8-9,15-16H2,1-3H3. The van der Waals surface area contributed by atoms with Crippen LogP contribution in [0.4, 0.5) is 0 Å². The molecule has 0 heterocycles. The second kappa shape index (κ2) is 6.62. The minimum absolute atomic E-state index is 0.341. The lowest BCUT2D eigenvalue weighted by Gasteiger charge is -2.24. The molecule has 1 unspecified atom stereocenters. The van der Waals surface area contributed by atoms with E-state index in [4.69, 9.17) is 16.2 Å². The van der Waals surface area contributed by atoms with Crippen LogP contribution in [0.3, 0.4) is 0 Å². The summed E-state index contributed by atoms with van der Waals surface area (Å²) >= 11 is 0. The molecular weight excluding hydrogens is 212 g/mol. The molecule has 96 valence electrons. The molecule has 0 bridgehead atoms. The van der Waals surface area contributed by atoms with Gasteiger partial charge in [0.15, 0.2) is 0 Å². The molecule has 1 rings (SSSR count). The molecule has 1 aromatic rings. The van der Waals surface area contributed by atoms with Crippen molar-refractivity contribution < 1.29 is 4.74 Å². The van der Waals surface area contributed by atoms with Gasteiger partial charge in [0.1, 0.15) is 5.75 Å². The lowest BCUT2D eigenvalue weighted by Crippen LogP contribution is -2.28. The third kappa shape index (κ3) is 3.20. The first-order valence-electron chi connectivity index (χ1n) is 6.24. The fourth-order valence-corrected chi connectivity index (χ4v) is 2.22. The van der Waals surface area contributed by atoms with Gasteiger partial charge in [-0.1, -0.05) is 19.9 Å². The van der Waals surface area contributed by atoms with Crippen LogP contribution in [0.5, 0.6) is 5.75 Å². The number of hydrogen-bond donors (Lipinski definition) is 2. The van der Waals surface area contributed by atoms with Crippen LogP contribution in [0.15, 0.2) is 18.2 Å². The molecule has 0 aliphatic rings. The minimum atomic E-state index is 0.341. The van der Waals surface area contributed by atoms with Crippen LogP contribution in [0.25, 0.3) is 0 Å². The van der Waals surface area contributed by atoms with Crippen molar-refractivity contribution in [3.63, 3.8) is 0 Å². The maximum absolute atomic E-state index is 5.76. The summed E-state index contributed by atoms with van der Waals surface area (Å²) in [5, 5.41) is 0. The fraction of sp³-hybridized carbons (Fsp3) is 0.571. The lowest BCUT2D eigenvalue weighted by molar-refractivity contribution is 0.413. The van der Waals surface area contributed by atoms with Gasteiger partial charge in [0, 0.05) is 0 Å². The molecule has 0 saturated heterocycles. The van der Waals surface area contributed by atoms with Crippen LogP contribution >= 0.6 is 0 Å². The van der Waals surface area contributed by atoms with E-state index in [2.05, 4.69) is 26.0 Å². The highest BCUT2D eigenvalue weighted by Gasteiger charge is 2.18. The normalized spacial score (nSPS) is 12.8. The molecule has 1 atom stereocenters. The zero-order valence-electron chi connectivity index (χ0n) is 11.1. The Kier molecular flexibility index (Phi) is 5.45. The summed E-state index contributed by atoms with van der Waals surface area (Å²) < 4.78 is 5.26. The third-order valence-corrected chi connectivity index (χ3v) is 3.53. The lowest BCUT2D eigenvalue weighted by atomic mass is 9.84. The second-order valence-corrected chi connectivity index (χ2v) is 4.44. The highest BCUT2D eigenvalue weighted by atomic mass is 16.5. The molecule has 0 radical (unpaired) electrons. The number of aryl methyl sites for hydroxylation is 1. The van der Waals surface area contributed by atoms with E-state index in [1.807, 2.05) is 6.07 Å². The molecule has 0 spiro atoms. The molecule has 0 fully saturated rings. The van der Waals surface area contributed by atoms with E-state index >= 15 is 0 Å². The Labute approximate surface area is 104 Å². The first-order chi connectivity index (χ1) is 8.17. The maximum atomic E-state index is 5.76. The molecule has 0 aromatic heterocycles. The van der Waals surface area contributed by atoms with Crippen molar-refractivity contribution in [2.75, 3.05) is 20.2 Å². The van der Waals surface area contributed by atoms with Gasteiger partial charge in [-0.2, -0.15) is 0 Å². The molecule has 0 saturated carbocycles. The summed E-state index contributed by atoms with van der Waals surface area (Å²) in [4.78, 5) is 0. The predicted octanol–water partition coefficient (Wildman–Crippen LogP) is 1.89.